The van der Waals surface area contributed by atoms with Crippen molar-refractivity contribution in [3.63, 3.8) is 0 Å². The SMILES string of the molecule is CCSc1n[n+]2c(c(=O)[nH]1)-c1ccccc1N(C(C)=O)C2c1cc(Br)c(OC)c(Br)c1. The number of carbonyl (C=O) groups is 1. The van der Waals surface area contributed by atoms with E-state index in [0.717, 1.165) is 20.3 Å². The standard InChI is InChI=1S/C21H18Br2N4O3S/c1-4-31-21-24-19(29)17-13-7-5-6-8-16(13)26(11(2)28)20(27(17)25-21)12-9-14(22)18(30-3)15(23)10-12/h5-10,20H,4H2,1-3H3/p+1. The van der Waals surface area contributed by atoms with E-state index in [-0.39, 0.29) is 11.5 Å². The third-order valence-corrected chi connectivity index (χ3v) is 6.83. The molecule has 1 atom stereocenters. The molecule has 2 aromatic carbocycles. The number of anilines is 1. The Labute approximate surface area is 200 Å². The zero-order valence-corrected chi connectivity index (χ0v) is 21.0. The number of fused-ring (bicyclic) bond motifs is 3. The van der Waals surface area contributed by atoms with Crippen LogP contribution in [-0.4, -0.2) is 28.9 Å². The molecule has 1 amide bonds. The Kier molecular flexibility index (Phi) is 6.23. The molecule has 0 saturated carbocycles. The highest BCUT2D eigenvalue weighted by Gasteiger charge is 2.45. The van der Waals surface area contributed by atoms with Gasteiger partial charge in [0.05, 0.1) is 27.3 Å². The smallest absolute Gasteiger partial charge is 0.325 e. The van der Waals surface area contributed by atoms with Crippen molar-refractivity contribution in [2.75, 3.05) is 17.8 Å². The Morgan fingerprint density at radius 1 is 1.29 bits per heavy atom. The summed E-state index contributed by atoms with van der Waals surface area (Å²) in [4.78, 5) is 30.6. The Hall–Kier alpha value is -2.17. The molecule has 3 aromatic rings. The molecule has 1 aliphatic rings. The lowest BCUT2D eigenvalue weighted by Gasteiger charge is -2.31. The van der Waals surface area contributed by atoms with Crippen molar-refractivity contribution in [3.05, 3.63) is 61.3 Å². The first-order chi connectivity index (χ1) is 14.9. The van der Waals surface area contributed by atoms with Crippen LogP contribution in [0.1, 0.15) is 25.6 Å². The minimum Gasteiger partial charge on any atom is -0.494 e. The molecular formula is C21H19Br2N4O3S+. The molecule has 1 aliphatic heterocycles. The molecule has 1 unspecified atom stereocenters. The van der Waals surface area contributed by atoms with E-state index in [1.54, 1.807) is 16.7 Å². The highest BCUT2D eigenvalue weighted by molar-refractivity contribution is 9.11. The van der Waals surface area contributed by atoms with Gasteiger partial charge in [0.15, 0.2) is 0 Å². The average Bonchev–Trinajstić information content (AvgIpc) is 2.72. The fourth-order valence-corrected chi connectivity index (χ4v) is 5.87. The number of methoxy groups -OCH3 is 1. The fraction of sp³-hybridized carbons (Fsp3) is 0.238. The second-order valence-electron chi connectivity index (χ2n) is 6.78. The van der Waals surface area contributed by atoms with Crippen LogP contribution in [0, 0.1) is 0 Å². The maximum atomic E-state index is 13.1. The van der Waals surface area contributed by atoms with E-state index in [1.807, 2.05) is 43.3 Å². The maximum absolute atomic E-state index is 13.1. The zero-order chi connectivity index (χ0) is 22.3. The normalized spacial score (nSPS) is 14.7. The molecule has 0 fully saturated rings. The summed E-state index contributed by atoms with van der Waals surface area (Å²) in [6.07, 6.45) is -0.653. The topological polar surface area (TPSA) is 79.2 Å². The molecule has 2 heterocycles. The number of rotatable bonds is 4. The van der Waals surface area contributed by atoms with Gasteiger partial charge >= 0.3 is 11.3 Å². The maximum Gasteiger partial charge on any atom is 0.325 e. The minimum absolute atomic E-state index is 0.162. The molecule has 1 aromatic heterocycles. The summed E-state index contributed by atoms with van der Waals surface area (Å²) in [7, 11) is 1.59. The lowest BCUT2D eigenvalue weighted by atomic mass is 10.0. The molecule has 1 N–H and O–H groups in total. The van der Waals surface area contributed by atoms with Gasteiger partial charge in [-0.1, -0.05) is 30.8 Å². The van der Waals surface area contributed by atoms with Gasteiger partial charge in [-0.25, -0.2) is 4.90 Å². The van der Waals surface area contributed by atoms with E-state index >= 15 is 0 Å². The number of hydrogen-bond acceptors (Lipinski definition) is 5. The van der Waals surface area contributed by atoms with Crippen molar-refractivity contribution in [1.29, 1.82) is 0 Å². The average molecular weight is 567 g/mol. The predicted molar refractivity (Wildman–Crippen MR) is 127 cm³/mol. The lowest BCUT2D eigenvalue weighted by molar-refractivity contribution is -0.763. The van der Waals surface area contributed by atoms with Crippen LogP contribution < -0.4 is 19.9 Å². The van der Waals surface area contributed by atoms with Crippen LogP contribution in [0.2, 0.25) is 0 Å². The molecule has 10 heteroatoms. The van der Waals surface area contributed by atoms with Gasteiger partial charge in [-0.15, -0.1) is 0 Å². The number of nitrogens with zero attached hydrogens (tertiary/aromatic N) is 3. The second kappa shape index (κ2) is 8.76. The molecule has 0 aliphatic carbocycles. The van der Waals surface area contributed by atoms with Crippen molar-refractivity contribution in [1.82, 2.24) is 10.1 Å². The van der Waals surface area contributed by atoms with Gasteiger partial charge in [0.25, 0.3) is 6.17 Å². The molecule has 0 saturated heterocycles. The fourth-order valence-electron chi connectivity index (χ4n) is 3.74. The summed E-state index contributed by atoms with van der Waals surface area (Å²) in [6.45, 7) is 3.50. The van der Waals surface area contributed by atoms with Crippen molar-refractivity contribution in [2.24, 2.45) is 0 Å². The summed E-state index contributed by atoms with van der Waals surface area (Å²) in [5.41, 5.74) is 2.23. The number of para-hydroxylation sites is 1. The molecule has 0 spiro atoms. The van der Waals surface area contributed by atoms with Gasteiger partial charge in [-0.2, -0.15) is 0 Å². The summed E-state index contributed by atoms with van der Waals surface area (Å²) in [5, 5.41) is 5.22. The Morgan fingerprint density at radius 2 is 1.97 bits per heavy atom. The molecule has 4 rings (SSSR count). The van der Waals surface area contributed by atoms with Crippen LogP contribution in [0.5, 0.6) is 5.75 Å². The van der Waals surface area contributed by atoms with Crippen LogP contribution >= 0.6 is 43.6 Å². The quantitative estimate of drug-likeness (QED) is 0.376. The molecule has 0 bridgehead atoms. The summed E-state index contributed by atoms with van der Waals surface area (Å²) >= 11 is 8.53. The minimum atomic E-state index is -0.653. The summed E-state index contributed by atoms with van der Waals surface area (Å²) in [6, 6.07) is 11.1. The number of aromatic amines is 1. The summed E-state index contributed by atoms with van der Waals surface area (Å²) in [5.74, 6) is 1.23. The molecular weight excluding hydrogens is 548 g/mol. The van der Waals surface area contributed by atoms with Gasteiger partial charge in [-0.05, 0) is 66.6 Å². The first-order valence-electron chi connectivity index (χ1n) is 9.48. The number of nitrogens with one attached hydrogen (secondary N) is 1. The van der Waals surface area contributed by atoms with E-state index in [4.69, 9.17) is 9.84 Å². The Balaban J connectivity index is 2.07. The molecule has 7 nitrogen and oxygen atoms in total. The van der Waals surface area contributed by atoms with Crippen molar-refractivity contribution in [2.45, 2.75) is 25.2 Å². The van der Waals surface area contributed by atoms with Crippen LogP contribution in [0.3, 0.4) is 0 Å². The molecule has 160 valence electrons. The molecule has 0 radical (unpaired) electrons. The zero-order valence-electron chi connectivity index (χ0n) is 17.0. The van der Waals surface area contributed by atoms with Gasteiger partial charge in [0.1, 0.15) is 5.75 Å². The lowest BCUT2D eigenvalue weighted by Crippen LogP contribution is -2.60. The third kappa shape index (κ3) is 3.81. The van der Waals surface area contributed by atoms with Crippen molar-refractivity contribution < 1.29 is 14.2 Å². The van der Waals surface area contributed by atoms with Crippen molar-refractivity contribution in [3.8, 4) is 17.0 Å². The van der Waals surface area contributed by atoms with Crippen LogP contribution in [0.15, 0.2) is 55.3 Å². The largest absolute Gasteiger partial charge is 0.494 e. The van der Waals surface area contributed by atoms with Crippen molar-refractivity contribution >= 4 is 55.2 Å². The van der Waals surface area contributed by atoms with Gasteiger partial charge in [0.2, 0.25) is 11.1 Å². The summed E-state index contributed by atoms with van der Waals surface area (Å²) < 4.78 is 8.51. The van der Waals surface area contributed by atoms with Gasteiger partial charge in [-0.3, -0.25) is 14.6 Å². The van der Waals surface area contributed by atoms with E-state index in [0.29, 0.717) is 27.9 Å². The van der Waals surface area contributed by atoms with Gasteiger partial charge < -0.3 is 4.74 Å². The number of amides is 1. The monoisotopic (exact) mass is 565 g/mol. The number of carbonyl (C=O) groups excluding carboxylic acids is 1. The second-order valence-corrected chi connectivity index (χ2v) is 9.74. The molecule has 31 heavy (non-hydrogen) atoms. The number of H-pyrrole nitrogens is 1. The highest BCUT2D eigenvalue weighted by atomic mass is 79.9. The number of halogens is 2. The Bertz CT molecular complexity index is 1220. The number of ether oxygens (including phenoxy) is 1. The number of hydrogen-bond donors (Lipinski definition) is 1. The van der Waals surface area contributed by atoms with E-state index < -0.39 is 6.17 Å². The number of thioether (sulfide) groups is 1. The predicted octanol–water partition coefficient (Wildman–Crippen LogP) is 4.28. The van der Waals surface area contributed by atoms with Crippen LogP contribution in [-0.2, 0) is 4.79 Å². The third-order valence-electron chi connectivity index (χ3n) is 4.90. The number of aromatic nitrogens is 3. The first kappa shape index (κ1) is 22.0. The van der Waals surface area contributed by atoms with E-state index in [1.165, 1.54) is 18.7 Å². The highest BCUT2D eigenvalue weighted by Crippen LogP contribution is 2.41. The Morgan fingerprint density at radius 3 is 2.58 bits per heavy atom. The van der Waals surface area contributed by atoms with Crippen LogP contribution in [0.4, 0.5) is 5.69 Å². The first-order valence-corrected chi connectivity index (χ1v) is 12.1. The number of benzene rings is 2. The van der Waals surface area contributed by atoms with Crippen LogP contribution in [0.25, 0.3) is 11.3 Å². The van der Waals surface area contributed by atoms with E-state index in [9.17, 15) is 9.59 Å². The van der Waals surface area contributed by atoms with E-state index in [2.05, 4.69) is 36.8 Å². The van der Waals surface area contributed by atoms with Gasteiger partial charge in [0, 0.05) is 17.6 Å².